The SMILES string of the molecule is C#CCN1C(=O)CC1Sc1ccc(Cl)cc1. The van der Waals surface area contributed by atoms with Gasteiger partial charge in [0.1, 0.15) is 0 Å². The van der Waals surface area contributed by atoms with Crippen LogP contribution in [0.4, 0.5) is 0 Å². The second kappa shape index (κ2) is 4.82. The second-order valence-electron chi connectivity index (χ2n) is 3.46. The van der Waals surface area contributed by atoms with Crippen LogP contribution < -0.4 is 0 Å². The first-order chi connectivity index (χ1) is 7.70. The van der Waals surface area contributed by atoms with Crippen molar-refractivity contribution < 1.29 is 4.79 Å². The average molecular weight is 252 g/mol. The van der Waals surface area contributed by atoms with Crippen LogP contribution in [0.5, 0.6) is 0 Å². The van der Waals surface area contributed by atoms with Crippen LogP contribution >= 0.6 is 23.4 Å². The molecule has 1 saturated heterocycles. The topological polar surface area (TPSA) is 20.3 Å². The van der Waals surface area contributed by atoms with Gasteiger partial charge in [0.2, 0.25) is 5.91 Å². The largest absolute Gasteiger partial charge is 0.319 e. The van der Waals surface area contributed by atoms with Gasteiger partial charge in [-0.2, -0.15) is 0 Å². The van der Waals surface area contributed by atoms with Gasteiger partial charge in [-0.3, -0.25) is 4.79 Å². The first-order valence-electron chi connectivity index (χ1n) is 4.86. The van der Waals surface area contributed by atoms with Crippen molar-refractivity contribution in [1.82, 2.24) is 4.90 Å². The maximum atomic E-state index is 11.3. The van der Waals surface area contributed by atoms with Gasteiger partial charge in [0.15, 0.2) is 0 Å². The summed E-state index contributed by atoms with van der Waals surface area (Å²) in [5.74, 6) is 2.62. The molecule has 1 aliphatic heterocycles. The van der Waals surface area contributed by atoms with E-state index in [0.29, 0.717) is 13.0 Å². The highest BCUT2D eigenvalue weighted by Gasteiger charge is 2.35. The van der Waals surface area contributed by atoms with Crippen molar-refractivity contribution in [2.75, 3.05) is 6.54 Å². The van der Waals surface area contributed by atoms with Crippen LogP contribution in [0.1, 0.15) is 6.42 Å². The van der Waals surface area contributed by atoms with Crippen LogP contribution in [0.25, 0.3) is 0 Å². The lowest BCUT2D eigenvalue weighted by Crippen LogP contribution is -2.50. The minimum Gasteiger partial charge on any atom is -0.319 e. The zero-order valence-electron chi connectivity index (χ0n) is 8.52. The molecule has 0 saturated carbocycles. The summed E-state index contributed by atoms with van der Waals surface area (Å²) in [6.45, 7) is 0.393. The molecule has 0 N–H and O–H groups in total. The predicted molar refractivity (Wildman–Crippen MR) is 66.3 cm³/mol. The third-order valence-corrected chi connectivity index (χ3v) is 3.85. The summed E-state index contributed by atoms with van der Waals surface area (Å²) in [5.41, 5.74) is 0. The Balaban J connectivity index is 1.98. The van der Waals surface area contributed by atoms with E-state index in [1.165, 1.54) is 0 Å². The molecule has 1 heterocycles. The van der Waals surface area contributed by atoms with Crippen LogP contribution in [-0.4, -0.2) is 22.7 Å². The second-order valence-corrected chi connectivity index (χ2v) is 5.14. The van der Waals surface area contributed by atoms with E-state index >= 15 is 0 Å². The molecule has 4 heteroatoms. The van der Waals surface area contributed by atoms with Crippen LogP contribution in [0.15, 0.2) is 29.2 Å². The van der Waals surface area contributed by atoms with Gasteiger partial charge >= 0.3 is 0 Å². The fraction of sp³-hybridized carbons (Fsp3) is 0.250. The molecule has 16 heavy (non-hydrogen) atoms. The summed E-state index contributed by atoms with van der Waals surface area (Å²) < 4.78 is 0. The number of amides is 1. The minimum absolute atomic E-state index is 0.129. The third-order valence-electron chi connectivity index (χ3n) is 2.36. The van der Waals surface area contributed by atoms with Gasteiger partial charge < -0.3 is 4.90 Å². The van der Waals surface area contributed by atoms with Gasteiger partial charge in [0.25, 0.3) is 0 Å². The summed E-state index contributed by atoms with van der Waals surface area (Å²) in [6.07, 6.45) is 5.77. The number of halogens is 1. The van der Waals surface area contributed by atoms with Crippen LogP contribution in [0.3, 0.4) is 0 Å². The first kappa shape index (κ1) is 11.4. The Hall–Kier alpha value is -1.11. The highest BCUT2D eigenvalue weighted by Crippen LogP contribution is 2.34. The van der Waals surface area contributed by atoms with Gasteiger partial charge in [-0.15, -0.1) is 18.2 Å². The van der Waals surface area contributed by atoms with E-state index in [1.54, 1.807) is 16.7 Å². The van der Waals surface area contributed by atoms with E-state index in [2.05, 4.69) is 5.92 Å². The molecule has 0 spiro atoms. The van der Waals surface area contributed by atoms with E-state index in [1.807, 2.05) is 24.3 Å². The molecule has 0 aromatic heterocycles. The number of thioether (sulfide) groups is 1. The quantitative estimate of drug-likeness (QED) is 0.608. The number of carbonyl (C=O) groups excluding carboxylic acids is 1. The fourth-order valence-electron chi connectivity index (χ4n) is 1.49. The molecule has 1 fully saturated rings. The summed E-state index contributed by atoms with van der Waals surface area (Å²) >= 11 is 7.44. The van der Waals surface area contributed by atoms with Crippen molar-refractivity contribution in [3.8, 4) is 12.3 Å². The number of β-lactam (4-membered cyclic amide) rings is 1. The molecule has 2 nitrogen and oxygen atoms in total. The van der Waals surface area contributed by atoms with Crippen molar-refractivity contribution in [1.29, 1.82) is 0 Å². The van der Waals surface area contributed by atoms with E-state index in [0.717, 1.165) is 9.92 Å². The fourth-order valence-corrected chi connectivity index (χ4v) is 2.77. The Bertz CT molecular complexity index is 437. The lowest BCUT2D eigenvalue weighted by molar-refractivity contribution is -0.140. The van der Waals surface area contributed by atoms with Crippen molar-refractivity contribution in [3.63, 3.8) is 0 Å². The molecular formula is C12H10ClNOS. The Morgan fingerprint density at radius 2 is 2.19 bits per heavy atom. The Morgan fingerprint density at radius 3 is 2.75 bits per heavy atom. The zero-order chi connectivity index (χ0) is 11.5. The molecule has 1 atom stereocenters. The number of carbonyl (C=O) groups is 1. The summed E-state index contributed by atoms with van der Waals surface area (Å²) in [7, 11) is 0. The molecule has 0 aliphatic carbocycles. The molecular weight excluding hydrogens is 242 g/mol. The van der Waals surface area contributed by atoms with Crippen LogP contribution in [-0.2, 0) is 4.79 Å². The number of hydrogen-bond acceptors (Lipinski definition) is 2. The predicted octanol–water partition coefficient (Wildman–Crippen LogP) is 2.62. The smallest absolute Gasteiger partial charge is 0.227 e. The average Bonchev–Trinajstić information content (AvgIpc) is 2.28. The van der Waals surface area contributed by atoms with Crippen LogP contribution in [0.2, 0.25) is 5.02 Å². The minimum atomic E-state index is 0.129. The number of likely N-dealkylation sites (tertiary alicyclic amines) is 1. The van der Waals surface area contributed by atoms with Gasteiger partial charge in [-0.05, 0) is 24.3 Å². The van der Waals surface area contributed by atoms with Crippen molar-refractivity contribution in [3.05, 3.63) is 29.3 Å². The molecule has 2 rings (SSSR count). The van der Waals surface area contributed by atoms with Crippen molar-refractivity contribution in [2.45, 2.75) is 16.7 Å². The highest BCUT2D eigenvalue weighted by molar-refractivity contribution is 8.00. The molecule has 1 amide bonds. The van der Waals surface area contributed by atoms with Crippen molar-refractivity contribution >= 4 is 29.3 Å². The van der Waals surface area contributed by atoms with E-state index in [9.17, 15) is 4.79 Å². The summed E-state index contributed by atoms with van der Waals surface area (Å²) in [5, 5.41) is 0.888. The number of benzene rings is 1. The molecule has 1 aromatic carbocycles. The molecule has 1 aromatic rings. The first-order valence-corrected chi connectivity index (χ1v) is 6.11. The maximum absolute atomic E-state index is 11.3. The molecule has 0 bridgehead atoms. The number of terminal acetylenes is 1. The monoisotopic (exact) mass is 251 g/mol. The Kier molecular flexibility index (Phi) is 3.42. The number of nitrogens with zero attached hydrogens (tertiary/aromatic N) is 1. The van der Waals surface area contributed by atoms with E-state index < -0.39 is 0 Å². The standard InChI is InChI=1S/C12H10ClNOS/c1-2-7-14-11(15)8-12(14)16-10-5-3-9(13)4-6-10/h1,3-6,12H,7-8H2. The van der Waals surface area contributed by atoms with Gasteiger partial charge in [-0.1, -0.05) is 17.5 Å². The van der Waals surface area contributed by atoms with E-state index in [4.69, 9.17) is 18.0 Å². The Morgan fingerprint density at radius 1 is 1.50 bits per heavy atom. The Labute approximate surface area is 104 Å². The normalized spacial score (nSPS) is 19.1. The lowest BCUT2D eigenvalue weighted by atomic mass is 10.2. The van der Waals surface area contributed by atoms with Gasteiger partial charge in [-0.25, -0.2) is 0 Å². The lowest BCUT2D eigenvalue weighted by Gasteiger charge is -2.38. The van der Waals surface area contributed by atoms with Crippen LogP contribution in [0, 0.1) is 12.3 Å². The summed E-state index contributed by atoms with van der Waals surface area (Å²) in [6, 6.07) is 7.58. The summed E-state index contributed by atoms with van der Waals surface area (Å²) in [4.78, 5) is 14.1. The van der Waals surface area contributed by atoms with Crippen molar-refractivity contribution in [2.24, 2.45) is 0 Å². The third kappa shape index (κ3) is 2.34. The molecule has 0 radical (unpaired) electrons. The molecule has 1 unspecified atom stereocenters. The highest BCUT2D eigenvalue weighted by atomic mass is 35.5. The number of hydrogen-bond donors (Lipinski definition) is 0. The van der Waals surface area contributed by atoms with E-state index in [-0.39, 0.29) is 11.3 Å². The van der Waals surface area contributed by atoms with Gasteiger partial charge in [0.05, 0.1) is 18.3 Å². The molecule has 1 aliphatic rings. The maximum Gasteiger partial charge on any atom is 0.227 e. The zero-order valence-corrected chi connectivity index (χ0v) is 10.1. The van der Waals surface area contributed by atoms with Gasteiger partial charge in [0, 0.05) is 9.92 Å². The molecule has 82 valence electrons. The number of rotatable bonds is 3.